The van der Waals surface area contributed by atoms with E-state index in [0.29, 0.717) is 0 Å². The molecule has 0 aliphatic rings. The molecule has 11 aromatic rings. The van der Waals surface area contributed by atoms with Crippen LogP contribution in [0.25, 0.3) is 108 Å². The molecule has 0 unspecified atom stereocenters. The normalized spacial score (nSPS) is 12.0. The van der Waals surface area contributed by atoms with Crippen LogP contribution in [-0.2, 0) is 0 Å². The van der Waals surface area contributed by atoms with Crippen molar-refractivity contribution in [3.63, 3.8) is 0 Å². The second kappa shape index (κ2) is 10.6. The summed E-state index contributed by atoms with van der Waals surface area (Å²) in [5, 5.41) is 13.8. The first kappa shape index (κ1) is 27.7. The van der Waals surface area contributed by atoms with Crippen LogP contribution >= 0.6 is 11.3 Å². The first-order chi connectivity index (χ1) is 24.8. The molecule has 11 rings (SSSR count). The Balaban J connectivity index is 1.16. The van der Waals surface area contributed by atoms with Crippen LogP contribution in [0.4, 0.5) is 0 Å². The molecule has 50 heavy (non-hydrogen) atoms. The Morgan fingerprint density at radius 1 is 0.380 bits per heavy atom. The molecule has 0 N–H and O–H groups in total. The van der Waals surface area contributed by atoms with Gasteiger partial charge in [0.2, 0.25) is 0 Å². The first-order valence-electron chi connectivity index (χ1n) is 17.1. The Bertz CT molecular complexity index is 3100. The van der Waals surface area contributed by atoms with Gasteiger partial charge in [0.25, 0.3) is 0 Å². The molecule has 0 aliphatic heterocycles. The number of benzene rings is 9. The summed E-state index contributed by atoms with van der Waals surface area (Å²) in [6, 6.07) is 60.0. The molecule has 2 heteroatoms. The second-order valence-electron chi connectivity index (χ2n) is 13.2. The average molecular weight is 653 g/mol. The summed E-state index contributed by atoms with van der Waals surface area (Å²) in [4.78, 5) is 0. The molecular weight excluding hydrogens is 625 g/mol. The number of furan rings is 1. The molecule has 0 spiro atoms. The summed E-state index contributed by atoms with van der Waals surface area (Å²) in [7, 11) is 0. The zero-order valence-corrected chi connectivity index (χ0v) is 27.8. The van der Waals surface area contributed by atoms with Crippen molar-refractivity contribution in [3.8, 4) is 33.4 Å². The molecule has 0 radical (unpaired) electrons. The fourth-order valence-electron chi connectivity index (χ4n) is 8.25. The molecule has 0 saturated heterocycles. The van der Waals surface area contributed by atoms with Gasteiger partial charge in [-0.3, -0.25) is 0 Å². The average Bonchev–Trinajstić information content (AvgIpc) is 3.78. The van der Waals surface area contributed by atoms with Crippen LogP contribution in [0.15, 0.2) is 174 Å². The molecule has 0 fully saturated rings. The third kappa shape index (κ3) is 4.00. The first-order valence-corrected chi connectivity index (χ1v) is 17.9. The van der Waals surface area contributed by atoms with Gasteiger partial charge in [-0.15, -0.1) is 11.3 Å². The minimum atomic E-state index is 0.924. The number of fused-ring (bicyclic) bond motifs is 9. The highest BCUT2D eigenvalue weighted by Crippen LogP contribution is 2.48. The summed E-state index contributed by atoms with van der Waals surface area (Å²) in [6.45, 7) is 0. The predicted octanol–water partition coefficient (Wildman–Crippen LogP) is 14.4. The van der Waals surface area contributed by atoms with Crippen LogP contribution in [0.5, 0.6) is 0 Å². The van der Waals surface area contributed by atoms with Crippen LogP contribution in [-0.4, -0.2) is 0 Å². The standard InChI is InChI=1S/C48H28OS/c1-2-12-31-26-32(21-20-29(31)10-1)42-28-49-43-25-24-41-35-23-22-33(27-44(35)50-48(41)47(42)43)45-37-15-5-7-17-39(37)46(40-18-8-6-16-38(40)45)36-19-9-13-30-11-3-4-14-34(30)36/h1-28H. The number of hydrogen-bond acceptors (Lipinski definition) is 2. The fraction of sp³-hybridized carbons (Fsp3) is 0. The van der Waals surface area contributed by atoms with Crippen molar-refractivity contribution >= 4 is 85.6 Å². The topological polar surface area (TPSA) is 13.1 Å². The van der Waals surface area contributed by atoms with Gasteiger partial charge in [-0.05, 0) is 95.2 Å². The second-order valence-corrected chi connectivity index (χ2v) is 14.3. The molecule has 0 saturated carbocycles. The predicted molar refractivity (Wildman–Crippen MR) is 215 cm³/mol. The Labute approximate surface area is 292 Å². The lowest BCUT2D eigenvalue weighted by Crippen LogP contribution is -1.91. The molecule has 232 valence electrons. The highest BCUT2D eigenvalue weighted by molar-refractivity contribution is 7.26. The third-order valence-corrected chi connectivity index (χ3v) is 11.7. The minimum absolute atomic E-state index is 0.924. The highest BCUT2D eigenvalue weighted by Gasteiger charge is 2.20. The van der Waals surface area contributed by atoms with E-state index in [2.05, 4.69) is 164 Å². The molecule has 0 amide bonds. The number of hydrogen-bond donors (Lipinski definition) is 0. The van der Waals surface area contributed by atoms with Gasteiger partial charge in [0, 0.05) is 31.1 Å². The van der Waals surface area contributed by atoms with Crippen LogP contribution < -0.4 is 0 Å². The van der Waals surface area contributed by atoms with Crippen molar-refractivity contribution in [1.82, 2.24) is 0 Å². The highest BCUT2D eigenvalue weighted by atomic mass is 32.1. The Morgan fingerprint density at radius 2 is 1.00 bits per heavy atom. The smallest absolute Gasteiger partial charge is 0.135 e. The van der Waals surface area contributed by atoms with E-state index in [1.807, 2.05) is 17.6 Å². The van der Waals surface area contributed by atoms with E-state index in [1.165, 1.54) is 96.5 Å². The van der Waals surface area contributed by atoms with E-state index in [4.69, 9.17) is 4.42 Å². The molecular formula is C48H28OS. The third-order valence-electron chi connectivity index (χ3n) is 10.5. The van der Waals surface area contributed by atoms with Crippen molar-refractivity contribution in [3.05, 3.63) is 170 Å². The maximum atomic E-state index is 6.19. The lowest BCUT2D eigenvalue weighted by Gasteiger charge is -2.18. The van der Waals surface area contributed by atoms with E-state index in [1.54, 1.807) is 0 Å². The maximum Gasteiger partial charge on any atom is 0.135 e. The monoisotopic (exact) mass is 652 g/mol. The zero-order chi connectivity index (χ0) is 32.8. The van der Waals surface area contributed by atoms with Crippen molar-refractivity contribution in [2.45, 2.75) is 0 Å². The molecule has 0 bridgehead atoms. The quantitative estimate of drug-likeness (QED) is 0.173. The van der Waals surface area contributed by atoms with Crippen LogP contribution in [0.1, 0.15) is 0 Å². The van der Waals surface area contributed by atoms with Gasteiger partial charge >= 0.3 is 0 Å². The van der Waals surface area contributed by atoms with Crippen molar-refractivity contribution in [2.24, 2.45) is 0 Å². The van der Waals surface area contributed by atoms with Crippen molar-refractivity contribution in [1.29, 1.82) is 0 Å². The van der Waals surface area contributed by atoms with E-state index >= 15 is 0 Å². The molecule has 2 heterocycles. The molecule has 0 aliphatic carbocycles. The summed E-state index contributed by atoms with van der Waals surface area (Å²) in [5.74, 6) is 0. The van der Waals surface area contributed by atoms with E-state index in [9.17, 15) is 0 Å². The van der Waals surface area contributed by atoms with Gasteiger partial charge < -0.3 is 4.42 Å². The lowest BCUT2D eigenvalue weighted by atomic mass is 9.84. The van der Waals surface area contributed by atoms with Gasteiger partial charge in [0.15, 0.2) is 0 Å². The van der Waals surface area contributed by atoms with E-state index in [-0.39, 0.29) is 0 Å². The fourth-order valence-corrected chi connectivity index (χ4v) is 9.55. The van der Waals surface area contributed by atoms with Gasteiger partial charge in [-0.2, -0.15) is 0 Å². The van der Waals surface area contributed by atoms with Crippen molar-refractivity contribution in [2.75, 3.05) is 0 Å². The van der Waals surface area contributed by atoms with Gasteiger partial charge in [-0.25, -0.2) is 0 Å². The van der Waals surface area contributed by atoms with E-state index in [0.717, 1.165) is 11.1 Å². The van der Waals surface area contributed by atoms with E-state index < -0.39 is 0 Å². The molecule has 0 atom stereocenters. The summed E-state index contributed by atoms with van der Waals surface area (Å²) >= 11 is 1.87. The minimum Gasteiger partial charge on any atom is -0.464 e. The van der Waals surface area contributed by atoms with Gasteiger partial charge in [0.1, 0.15) is 5.58 Å². The SMILES string of the molecule is c1ccc2cc(-c3coc4ccc5c6ccc(-c7c8ccccc8c(-c8cccc9ccccc89)c8ccccc78)cc6sc5c34)ccc2c1. The van der Waals surface area contributed by atoms with Crippen LogP contribution in [0.2, 0.25) is 0 Å². The lowest BCUT2D eigenvalue weighted by molar-refractivity contribution is 0.617. The van der Waals surface area contributed by atoms with Crippen LogP contribution in [0.3, 0.4) is 0 Å². The Morgan fingerprint density at radius 3 is 1.78 bits per heavy atom. The summed E-state index contributed by atoms with van der Waals surface area (Å²) < 4.78 is 8.74. The zero-order valence-electron chi connectivity index (χ0n) is 27.0. The van der Waals surface area contributed by atoms with Crippen LogP contribution in [0, 0.1) is 0 Å². The largest absolute Gasteiger partial charge is 0.464 e. The summed E-state index contributed by atoms with van der Waals surface area (Å²) in [5.41, 5.74) is 8.33. The van der Waals surface area contributed by atoms with Gasteiger partial charge in [0.05, 0.1) is 6.26 Å². The maximum absolute atomic E-state index is 6.19. The summed E-state index contributed by atoms with van der Waals surface area (Å²) in [6.07, 6.45) is 1.93. The number of thiophene rings is 1. The number of rotatable bonds is 3. The molecule has 1 nitrogen and oxygen atoms in total. The van der Waals surface area contributed by atoms with Gasteiger partial charge in [-0.1, -0.05) is 140 Å². The Kier molecular flexibility index (Phi) is 5.89. The van der Waals surface area contributed by atoms with Crippen molar-refractivity contribution < 1.29 is 4.42 Å². The Hall–Kier alpha value is -6.22. The molecule has 2 aromatic heterocycles. The molecule has 9 aromatic carbocycles.